The summed E-state index contributed by atoms with van der Waals surface area (Å²) in [5.41, 5.74) is 6.88. The highest BCUT2D eigenvalue weighted by molar-refractivity contribution is 6.24. The van der Waals surface area contributed by atoms with Crippen LogP contribution in [0.25, 0.3) is 6.08 Å². The van der Waals surface area contributed by atoms with E-state index >= 15 is 0 Å². The molecule has 0 bridgehead atoms. The second-order valence-electron chi connectivity index (χ2n) is 11.6. The molecule has 3 aromatic rings. The third-order valence-electron chi connectivity index (χ3n) is 7.85. The smallest absolute Gasteiger partial charge is 0.252 e. The number of anilines is 2. The van der Waals surface area contributed by atoms with Crippen molar-refractivity contribution in [3.8, 4) is 5.75 Å². The highest BCUT2D eigenvalue weighted by Gasteiger charge is 2.24. The number of methoxy groups -OCH3 is 1. The van der Waals surface area contributed by atoms with E-state index < -0.39 is 0 Å². The summed E-state index contributed by atoms with van der Waals surface area (Å²) in [7, 11) is 3.77. The van der Waals surface area contributed by atoms with Gasteiger partial charge < -0.3 is 15.0 Å². The van der Waals surface area contributed by atoms with Crippen molar-refractivity contribution < 1.29 is 9.53 Å². The Balaban J connectivity index is 1.62. The van der Waals surface area contributed by atoms with Gasteiger partial charge in [0.15, 0.2) is 0 Å². The van der Waals surface area contributed by atoms with Crippen LogP contribution in [0.15, 0.2) is 64.2 Å². The van der Waals surface area contributed by atoms with Crippen molar-refractivity contribution in [3.63, 3.8) is 0 Å². The van der Waals surface area contributed by atoms with E-state index in [1.165, 1.54) is 37.8 Å². The number of amides is 1. The van der Waals surface area contributed by atoms with Gasteiger partial charge in [0.05, 0.1) is 18.5 Å². The zero-order chi connectivity index (χ0) is 31.5. The van der Waals surface area contributed by atoms with Crippen LogP contribution in [-0.4, -0.2) is 48.1 Å². The maximum atomic E-state index is 12.8. The summed E-state index contributed by atoms with van der Waals surface area (Å²) >= 11 is 0. The molecule has 0 saturated carbocycles. The number of ether oxygens (including phenoxy) is 1. The van der Waals surface area contributed by atoms with Gasteiger partial charge in [0, 0.05) is 42.6 Å². The van der Waals surface area contributed by atoms with Crippen molar-refractivity contribution in [1.29, 1.82) is 0 Å². The van der Waals surface area contributed by atoms with Crippen LogP contribution in [0, 0.1) is 13.8 Å². The molecule has 0 spiro atoms. The maximum absolute atomic E-state index is 12.8. The molecule has 0 radical (unpaired) electrons. The molecule has 1 aliphatic heterocycles. The first-order valence-corrected chi connectivity index (χ1v) is 16.1. The highest BCUT2D eigenvalue weighted by atomic mass is 16.5. The second-order valence-corrected chi connectivity index (χ2v) is 11.6. The molecule has 1 aliphatic rings. The molecule has 0 saturated heterocycles. The molecule has 0 aliphatic carbocycles. The summed E-state index contributed by atoms with van der Waals surface area (Å²) in [6.45, 7) is 9.40. The van der Waals surface area contributed by atoms with Gasteiger partial charge in [0.25, 0.3) is 5.96 Å². The van der Waals surface area contributed by atoms with Crippen LogP contribution < -0.4 is 15.0 Å². The average Bonchev–Trinajstić information content (AvgIpc) is 3.59. The van der Waals surface area contributed by atoms with Crippen LogP contribution in [0.5, 0.6) is 5.75 Å². The first-order chi connectivity index (χ1) is 21.3. The van der Waals surface area contributed by atoms with Crippen molar-refractivity contribution in [1.82, 2.24) is 9.78 Å². The van der Waals surface area contributed by atoms with Crippen molar-refractivity contribution in [2.45, 2.75) is 85.5 Å². The lowest BCUT2D eigenvalue weighted by atomic mass is 10.0. The molecule has 0 unspecified atom stereocenters. The molecule has 2 aromatic carbocycles. The second kappa shape index (κ2) is 16.0. The fourth-order valence-corrected chi connectivity index (χ4v) is 5.34. The molecule has 0 fully saturated rings. The minimum atomic E-state index is 0.0179. The van der Waals surface area contributed by atoms with E-state index in [-0.39, 0.29) is 5.91 Å². The number of nitrogens with one attached hydrogen (secondary N) is 1. The minimum Gasteiger partial charge on any atom is -0.496 e. The molecule has 1 amide bonds. The molecule has 4 rings (SSSR count). The molecular weight excluding hydrogens is 548 g/mol. The number of aromatic nitrogens is 2. The summed E-state index contributed by atoms with van der Waals surface area (Å²) < 4.78 is 7.54. The normalized spacial score (nSPS) is 13.6. The number of aryl methyl sites for hydroxylation is 2. The van der Waals surface area contributed by atoms with Crippen molar-refractivity contribution in [2.24, 2.45) is 9.98 Å². The van der Waals surface area contributed by atoms with Crippen LogP contribution in [0.3, 0.4) is 0 Å². The van der Waals surface area contributed by atoms with Gasteiger partial charge in [-0.15, -0.1) is 0 Å². The number of hydrogen-bond donors (Lipinski definition) is 1. The Kier molecular flexibility index (Phi) is 11.9. The third-order valence-corrected chi connectivity index (χ3v) is 7.85. The maximum Gasteiger partial charge on any atom is 0.252 e. The van der Waals surface area contributed by atoms with E-state index in [9.17, 15) is 4.79 Å². The van der Waals surface area contributed by atoms with Gasteiger partial charge in [0.2, 0.25) is 5.91 Å². The van der Waals surface area contributed by atoms with Gasteiger partial charge in [-0.2, -0.15) is 5.10 Å². The SMILES string of the molecule is CCCCCCCCC(=O)Nc1ccc(OC)c(C2=NC(n3nc(C)cc3C)=NC2=Cc2ccc(N(C)CCCC)cc2)c1. The van der Waals surface area contributed by atoms with Gasteiger partial charge in [-0.05, 0) is 74.7 Å². The largest absolute Gasteiger partial charge is 0.496 e. The lowest BCUT2D eigenvalue weighted by Crippen LogP contribution is -2.17. The molecular formula is C36H48N6O2. The summed E-state index contributed by atoms with van der Waals surface area (Å²) in [5.74, 6) is 1.16. The Hall–Kier alpha value is -4.20. The molecule has 0 atom stereocenters. The number of benzene rings is 2. The highest BCUT2D eigenvalue weighted by Crippen LogP contribution is 2.30. The molecule has 8 nitrogen and oxygen atoms in total. The van der Waals surface area contributed by atoms with Gasteiger partial charge in [-0.25, -0.2) is 14.7 Å². The van der Waals surface area contributed by atoms with Gasteiger partial charge in [-0.1, -0.05) is 64.5 Å². The summed E-state index contributed by atoms with van der Waals surface area (Å²) in [4.78, 5) is 25.0. The lowest BCUT2D eigenvalue weighted by molar-refractivity contribution is -0.116. The minimum absolute atomic E-state index is 0.0179. The Morgan fingerprint density at radius 3 is 2.34 bits per heavy atom. The first-order valence-electron chi connectivity index (χ1n) is 16.1. The van der Waals surface area contributed by atoms with Crippen molar-refractivity contribution >= 4 is 35.0 Å². The average molecular weight is 597 g/mol. The van der Waals surface area contributed by atoms with Gasteiger partial charge >= 0.3 is 0 Å². The number of unbranched alkanes of at least 4 members (excludes halogenated alkanes) is 6. The van der Waals surface area contributed by atoms with E-state index in [1.807, 2.05) is 44.2 Å². The van der Waals surface area contributed by atoms with E-state index in [1.54, 1.807) is 11.8 Å². The van der Waals surface area contributed by atoms with Crippen LogP contribution >= 0.6 is 0 Å². The van der Waals surface area contributed by atoms with Crippen LogP contribution in [-0.2, 0) is 4.79 Å². The number of rotatable bonds is 15. The van der Waals surface area contributed by atoms with Gasteiger partial charge in [0.1, 0.15) is 11.5 Å². The van der Waals surface area contributed by atoms with Crippen molar-refractivity contribution in [2.75, 3.05) is 30.9 Å². The monoisotopic (exact) mass is 596 g/mol. The number of nitrogens with zero attached hydrogens (tertiary/aromatic N) is 5. The molecule has 44 heavy (non-hydrogen) atoms. The first kappa shape index (κ1) is 32.7. The number of hydrogen-bond acceptors (Lipinski definition) is 6. The van der Waals surface area contributed by atoms with E-state index in [0.717, 1.165) is 48.3 Å². The Bertz CT molecular complexity index is 1500. The van der Waals surface area contributed by atoms with Crippen LogP contribution in [0.1, 0.15) is 94.1 Å². The zero-order valence-corrected chi connectivity index (χ0v) is 27.3. The quantitative estimate of drug-likeness (QED) is 0.179. The van der Waals surface area contributed by atoms with E-state index in [2.05, 4.69) is 60.5 Å². The summed E-state index contributed by atoms with van der Waals surface area (Å²) in [5, 5.41) is 7.71. The zero-order valence-electron chi connectivity index (χ0n) is 27.3. The summed E-state index contributed by atoms with van der Waals surface area (Å²) in [6, 6.07) is 16.2. The predicted octanol–water partition coefficient (Wildman–Crippen LogP) is 8.18. The predicted molar refractivity (Wildman–Crippen MR) is 183 cm³/mol. The van der Waals surface area contributed by atoms with Crippen LogP contribution in [0.2, 0.25) is 0 Å². The number of carbonyl (C=O) groups excluding carboxylic acids is 1. The Morgan fingerprint density at radius 1 is 0.932 bits per heavy atom. The molecule has 1 N–H and O–H groups in total. The Labute approximate surface area is 262 Å². The fourth-order valence-electron chi connectivity index (χ4n) is 5.34. The number of allylic oxidation sites excluding steroid dienone is 1. The summed E-state index contributed by atoms with van der Waals surface area (Å²) in [6.07, 6.45) is 11.7. The topological polar surface area (TPSA) is 84.1 Å². The third kappa shape index (κ3) is 8.68. The molecule has 1 aromatic heterocycles. The van der Waals surface area contributed by atoms with E-state index in [0.29, 0.717) is 35.2 Å². The number of aliphatic imine (C=N–C) groups is 2. The molecule has 234 valence electrons. The fraction of sp³-hybridized carbons (Fsp3) is 0.444. The molecule has 2 heterocycles. The van der Waals surface area contributed by atoms with Gasteiger partial charge in [-0.3, -0.25) is 4.79 Å². The van der Waals surface area contributed by atoms with Crippen molar-refractivity contribution in [3.05, 3.63) is 76.7 Å². The van der Waals surface area contributed by atoms with Crippen LogP contribution in [0.4, 0.5) is 11.4 Å². The standard InChI is InChI=1S/C36H48N6O2/c1-7-9-11-12-13-14-15-34(43)37-29-18-21-33(44-6)31(25-29)35-32(38-36(39-35)42-27(4)23-26(3)40-42)24-28-16-19-30(20-17-28)41(5)22-10-8-2/h16-21,23-25H,7-15,22H2,1-6H3,(H,37,43). The lowest BCUT2D eigenvalue weighted by Gasteiger charge is -2.19. The van der Waals surface area contributed by atoms with E-state index in [4.69, 9.17) is 14.7 Å². The Morgan fingerprint density at radius 2 is 1.66 bits per heavy atom. The number of carbonyl (C=O) groups is 1. The molecule has 8 heteroatoms.